The molecule has 1 atom stereocenters. The highest BCUT2D eigenvalue weighted by Gasteiger charge is 2.21. The number of rotatable bonds is 3. The maximum absolute atomic E-state index is 13.5. The van der Waals surface area contributed by atoms with Crippen LogP contribution in [-0.2, 0) is 11.3 Å². The van der Waals surface area contributed by atoms with Crippen LogP contribution < -0.4 is 0 Å². The molecule has 1 saturated heterocycles. The van der Waals surface area contributed by atoms with Crippen LogP contribution in [0.4, 0.5) is 8.78 Å². The Balaban J connectivity index is 1.80. The highest BCUT2D eigenvalue weighted by Crippen LogP contribution is 2.23. The Kier molecular flexibility index (Phi) is 3.25. The molecule has 0 amide bonds. The second-order valence-electron chi connectivity index (χ2n) is 4.60. The molecule has 2 heterocycles. The van der Waals surface area contributed by atoms with E-state index >= 15 is 0 Å². The Hall–Kier alpha value is -1.82. The standard InChI is InChI=1S/C13H13F2N3O/c14-11-2-1-3-12(15)10(11)6-18-7-13(16-17-18)9-4-5-19-8-9/h1-3,7,9H,4-6,8H2/t9-/m1/s1. The summed E-state index contributed by atoms with van der Waals surface area (Å²) in [4.78, 5) is 0. The lowest BCUT2D eigenvalue weighted by Crippen LogP contribution is -2.05. The molecule has 0 spiro atoms. The molecular formula is C13H13F2N3O. The zero-order valence-electron chi connectivity index (χ0n) is 10.2. The summed E-state index contributed by atoms with van der Waals surface area (Å²) in [5.41, 5.74) is 0.816. The molecule has 1 aromatic carbocycles. The summed E-state index contributed by atoms with van der Waals surface area (Å²) in [6.45, 7) is 1.39. The summed E-state index contributed by atoms with van der Waals surface area (Å²) in [6.07, 6.45) is 2.64. The van der Waals surface area contributed by atoms with Gasteiger partial charge in [0.05, 0.1) is 18.8 Å². The largest absolute Gasteiger partial charge is 0.381 e. The van der Waals surface area contributed by atoms with Gasteiger partial charge in [0.15, 0.2) is 0 Å². The van der Waals surface area contributed by atoms with Crippen molar-refractivity contribution in [2.75, 3.05) is 13.2 Å². The van der Waals surface area contributed by atoms with E-state index in [1.807, 2.05) is 0 Å². The van der Waals surface area contributed by atoms with Gasteiger partial charge in [-0.3, -0.25) is 0 Å². The maximum Gasteiger partial charge on any atom is 0.131 e. The Morgan fingerprint density at radius 3 is 2.79 bits per heavy atom. The van der Waals surface area contributed by atoms with E-state index in [-0.39, 0.29) is 18.0 Å². The van der Waals surface area contributed by atoms with Crippen LogP contribution in [0.3, 0.4) is 0 Å². The molecule has 1 aliphatic rings. The Labute approximate surface area is 109 Å². The van der Waals surface area contributed by atoms with E-state index in [2.05, 4.69) is 10.3 Å². The topological polar surface area (TPSA) is 39.9 Å². The van der Waals surface area contributed by atoms with Crippen molar-refractivity contribution in [1.29, 1.82) is 0 Å². The fraction of sp³-hybridized carbons (Fsp3) is 0.385. The van der Waals surface area contributed by atoms with Crippen LogP contribution in [0.1, 0.15) is 23.6 Å². The fourth-order valence-electron chi connectivity index (χ4n) is 2.19. The van der Waals surface area contributed by atoms with Crippen molar-refractivity contribution in [3.05, 3.63) is 47.3 Å². The van der Waals surface area contributed by atoms with E-state index in [0.29, 0.717) is 6.61 Å². The zero-order chi connectivity index (χ0) is 13.2. The number of aromatic nitrogens is 3. The van der Waals surface area contributed by atoms with E-state index in [1.165, 1.54) is 22.9 Å². The smallest absolute Gasteiger partial charge is 0.131 e. The summed E-state index contributed by atoms with van der Waals surface area (Å²) in [5.74, 6) is -0.901. The van der Waals surface area contributed by atoms with Crippen molar-refractivity contribution in [1.82, 2.24) is 15.0 Å². The predicted octanol–water partition coefficient (Wildman–Crippen LogP) is 2.11. The number of nitrogens with zero attached hydrogens (tertiary/aromatic N) is 3. The predicted molar refractivity (Wildman–Crippen MR) is 63.7 cm³/mol. The first-order valence-corrected chi connectivity index (χ1v) is 6.14. The normalized spacial score (nSPS) is 18.9. The first-order chi connectivity index (χ1) is 9.24. The van der Waals surface area contributed by atoms with Gasteiger partial charge in [-0.1, -0.05) is 11.3 Å². The minimum Gasteiger partial charge on any atom is -0.381 e. The molecule has 6 heteroatoms. The third-order valence-corrected chi connectivity index (χ3v) is 3.29. The van der Waals surface area contributed by atoms with Crippen LogP contribution in [-0.4, -0.2) is 28.2 Å². The first kappa shape index (κ1) is 12.2. The minimum atomic E-state index is -0.568. The summed E-state index contributed by atoms with van der Waals surface area (Å²) in [5, 5.41) is 7.96. The van der Waals surface area contributed by atoms with Gasteiger partial charge in [-0.15, -0.1) is 5.10 Å². The average molecular weight is 265 g/mol. The number of benzene rings is 1. The molecule has 0 N–H and O–H groups in total. The Morgan fingerprint density at radius 2 is 2.11 bits per heavy atom. The van der Waals surface area contributed by atoms with Crippen molar-refractivity contribution in [2.24, 2.45) is 0 Å². The molecule has 19 heavy (non-hydrogen) atoms. The molecule has 0 radical (unpaired) electrons. The van der Waals surface area contributed by atoms with Gasteiger partial charge in [-0.05, 0) is 18.6 Å². The van der Waals surface area contributed by atoms with E-state index in [9.17, 15) is 8.78 Å². The SMILES string of the molecule is Fc1cccc(F)c1Cn1cc([C@@H]2CCOC2)nn1. The summed E-state index contributed by atoms with van der Waals surface area (Å²) >= 11 is 0. The van der Waals surface area contributed by atoms with Gasteiger partial charge in [-0.2, -0.15) is 0 Å². The lowest BCUT2D eigenvalue weighted by Gasteiger charge is -2.04. The molecule has 1 fully saturated rings. The van der Waals surface area contributed by atoms with E-state index in [0.717, 1.165) is 18.7 Å². The lowest BCUT2D eigenvalue weighted by atomic mass is 10.1. The van der Waals surface area contributed by atoms with Crippen LogP contribution in [0.2, 0.25) is 0 Å². The first-order valence-electron chi connectivity index (χ1n) is 6.14. The van der Waals surface area contributed by atoms with Crippen LogP contribution in [0.15, 0.2) is 24.4 Å². The molecule has 0 aliphatic carbocycles. The molecule has 0 unspecified atom stereocenters. The summed E-state index contributed by atoms with van der Waals surface area (Å²) in [6, 6.07) is 3.82. The Morgan fingerprint density at radius 1 is 1.32 bits per heavy atom. The van der Waals surface area contributed by atoms with Crippen LogP contribution in [0.5, 0.6) is 0 Å². The van der Waals surface area contributed by atoms with Crippen molar-refractivity contribution < 1.29 is 13.5 Å². The van der Waals surface area contributed by atoms with Crippen molar-refractivity contribution >= 4 is 0 Å². The van der Waals surface area contributed by atoms with Crippen molar-refractivity contribution in [3.8, 4) is 0 Å². The minimum absolute atomic E-state index is 0.00150. The molecule has 0 saturated carbocycles. The van der Waals surface area contributed by atoms with E-state index in [4.69, 9.17) is 4.74 Å². The van der Waals surface area contributed by atoms with Gasteiger partial charge < -0.3 is 4.74 Å². The van der Waals surface area contributed by atoms with Gasteiger partial charge in [0.25, 0.3) is 0 Å². The molecule has 1 aromatic heterocycles. The average Bonchev–Trinajstić information content (AvgIpc) is 3.04. The highest BCUT2D eigenvalue weighted by atomic mass is 19.1. The van der Waals surface area contributed by atoms with Crippen molar-refractivity contribution in [2.45, 2.75) is 18.9 Å². The number of ether oxygens (including phenoxy) is 1. The van der Waals surface area contributed by atoms with E-state index < -0.39 is 11.6 Å². The van der Waals surface area contributed by atoms with Crippen LogP contribution in [0, 0.1) is 11.6 Å². The quantitative estimate of drug-likeness (QED) is 0.853. The number of halogens is 2. The van der Waals surface area contributed by atoms with Gasteiger partial charge in [-0.25, -0.2) is 13.5 Å². The molecule has 0 bridgehead atoms. The van der Waals surface area contributed by atoms with Crippen LogP contribution >= 0.6 is 0 Å². The summed E-state index contributed by atoms with van der Waals surface area (Å²) in [7, 11) is 0. The second kappa shape index (κ2) is 5.05. The molecular weight excluding hydrogens is 252 g/mol. The molecule has 2 aromatic rings. The second-order valence-corrected chi connectivity index (χ2v) is 4.60. The van der Waals surface area contributed by atoms with E-state index in [1.54, 1.807) is 6.20 Å². The third kappa shape index (κ3) is 2.49. The fourth-order valence-corrected chi connectivity index (χ4v) is 2.19. The highest BCUT2D eigenvalue weighted by molar-refractivity contribution is 5.20. The number of hydrogen-bond acceptors (Lipinski definition) is 3. The molecule has 4 nitrogen and oxygen atoms in total. The third-order valence-electron chi connectivity index (χ3n) is 3.29. The molecule has 100 valence electrons. The van der Waals surface area contributed by atoms with Crippen LogP contribution in [0.25, 0.3) is 0 Å². The summed E-state index contributed by atoms with van der Waals surface area (Å²) < 4.78 is 33.8. The van der Waals surface area contributed by atoms with Gasteiger partial charge >= 0.3 is 0 Å². The number of hydrogen-bond donors (Lipinski definition) is 0. The lowest BCUT2D eigenvalue weighted by molar-refractivity contribution is 0.193. The monoisotopic (exact) mass is 265 g/mol. The van der Waals surface area contributed by atoms with Gasteiger partial charge in [0.1, 0.15) is 11.6 Å². The Bertz CT molecular complexity index is 559. The zero-order valence-corrected chi connectivity index (χ0v) is 10.2. The maximum atomic E-state index is 13.5. The molecule has 3 rings (SSSR count). The molecule has 1 aliphatic heterocycles. The van der Waals surface area contributed by atoms with Crippen molar-refractivity contribution in [3.63, 3.8) is 0 Å². The van der Waals surface area contributed by atoms with Gasteiger partial charge in [0, 0.05) is 24.3 Å². The van der Waals surface area contributed by atoms with Gasteiger partial charge in [0.2, 0.25) is 0 Å².